The van der Waals surface area contributed by atoms with E-state index in [0.29, 0.717) is 12.2 Å². The summed E-state index contributed by atoms with van der Waals surface area (Å²) < 4.78 is 40.8. The molecule has 82 valence electrons. The zero-order chi connectivity index (χ0) is 11.4. The monoisotopic (exact) mass is 216 g/mol. The van der Waals surface area contributed by atoms with Gasteiger partial charge in [0.05, 0.1) is 6.42 Å². The summed E-state index contributed by atoms with van der Waals surface area (Å²) in [4.78, 5) is 0. The summed E-state index contributed by atoms with van der Waals surface area (Å²) in [5.74, 6) is 0.468. The number of hydrogen-bond acceptors (Lipinski definition) is 2. The molecular formula is C5H9BF4N2O2. The Morgan fingerprint density at radius 1 is 1.43 bits per heavy atom. The van der Waals surface area contributed by atoms with Crippen LogP contribution in [-0.2, 0) is 6.42 Å². The summed E-state index contributed by atoms with van der Waals surface area (Å²) in [6.07, 6.45) is 3.34. The number of rotatable bonds is 1. The molecule has 0 unspecified atom stereocenters. The van der Waals surface area contributed by atoms with Crippen molar-refractivity contribution in [1.82, 2.24) is 4.73 Å². The Morgan fingerprint density at radius 3 is 2.00 bits per heavy atom. The lowest BCUT2D eigenvalue weighted by Crippen LogP contribution is -2.33. The Kier molecular flexibility index (Phi) is 4.25. The molecule has 9 heteroatoms. The van der Waals surface area contributed by atoms with Gasteiger partial charge in [0.25, 0.3) is 0 Å². The third-order valence-corrected chi connectivity index (χ3v) is 1.19. The molecule has 0 spiro atoms. The molecule has 0 saturated carbocycles. The molecule has 0 aliphatic rings. The van der Waals surface area contributed by atoms with E-state index in [-0.39, 0.29) is 0 Å². The van der Waals surface area contributed by atoms with Crippen molar-refractivity contribution in [1.29, 1.82) is 0 Å². The van der Waals surface area contributed by atoms with Crippen LogP contribution in [0.4, 0.5) is 17.3 Å². The Hall–Kier alpha value is -1.41. The molecule has 1 aromatic heterocycles. The zero-order valence-corrected chi connectivity index (χ0v) is 7.24. The van der Waals surface area contributed by atoms with Gasteiger partial charge in [0.15, 0.2) is 12.4 Å². The van der Waals surface area contributed by atoms with Crippen LogP contribution in [0.15, 0.2) is 12.4 Å². The minimum atomic E-state index is -6.00. The average molecular weight is 216 g/mol. The smallest absolute Gasteiger partial charge is 0.418 e. The van der Waals surface area contributed by atoms with Crippen molar-refractivity contribution in [3.8, 4) is 0 Å². The molecule has 0 aliphatic carbocycles. The molecule has 14 heavy (non-hydrogen) atoms. The highest BCUT2D eigenvalue weighted by atomic mass is 19.5. The lowest BCUT2D eigenvalue weighted by molar-refractivity contribution is -0.909. The average Bonchev–Trinajstić information content (AvgIpc) is 2.27. The molecule has 0 fully saturated rings. The molecule has 0 aliphatic heterocycles. The molecule has 0 aromatic carbocycles. The largest absolute Gasteiger partial charge is 0.673 e. The number of halogens is 4. The maximum Gasteiger partial charge on any atom is 0.673 e. The van der Waals surface area contributed by atoms with E-state index in [4.69, 9.17) is 10.4 Å². The van der Waals surface area contributed by atoms with Crippen LogP contribution in [-0.4, -0.2) is 22.4 Å². The Morgan fingerprint density at radius 2 is 1.86 bits per heavy atom. The van der Waals surface area contributed by atoms with Crippen LogP contribution in [0.1, 0.15) is 12.7 Å². The fourth-order valence-corrected chi connectivity index (χ4v) is 0.727. The van der Waals surface area contributed by atoms with E-state index in [9.17, 15) is 17.3 Å². The highest BCUT2D eigenvalue weighted by Crippen LogP contribution is 2.06. The van der Waals surface area contributed by atoms with Crippen molar-refractivity contribution in [2.75, 3.05) is 0 Å². The van der Waals surface area contributed by atoms with Gasteiger partial charge in [-0.15, -0.1) is 0 Å². The molecule has 1 aromatic rings. The second kappa shape index (κ2) is 4.73. The van der Waals surface area contributed by atoms with Crippen LogP contribution in [0.3, 0.4) is 0 Å². The van der Waals surface area contributed by atoms with Crippen LogP contribution >= 0.6 is 0 Å². The lowest BCUT2D eigenvalue weighted by atomic mass is 10.3. The van der Waals surface area contributed by atoms with Crippen LogP contribution in [0, 0.1) is 0 Å². The van der Waals surface area contributed by atoms with E-state index in [2.05, 4.69) is 0 Å². The predicted octanol–water partition coefficient (Wildman–Crippen LogP) is 1.11. The molecule has 1 heterocycles. The topological polar surface area (TPSA) is 49.3 Å². The van der Waals surface area contributed by atoms with Crippen LogP contribution in [0.2, 0.25) is 0 Å². The number of aromatic nitrogens is 2. The van der Waals surface area contributed by atoms with Gasteiger partial charge in [-0.3, -0.25) is 0 Å². The van der Waals surface area contributed by atoms with Gasteiger partial charge in [0.2, 0.25) is 0 Å². The van der Waals surface area contributed by atoms with Crippen molar-refractivity contribution in [2.45, 2.75) is 13.3 Å². The minimum absolute atomic E-state index is 0.468. The van der Waals surface area contributed by atoms with Crippen molar-refractivity contribution in [3.63, 3.8) is 0 Å². The quantitative estimate of drug-likeness (QED) is 0.319. The summed E-state index contributed by atoms with van der Waals surface area (Å²) in [5, 5.41) is 17.7. The van der Waals surface area contributed by atoms with Gasteiger partial charge in [-0.05, 0) is 9.46 Å². The van der Waals surface area contributed by atoms with E-state index in [1.165, 1.54) is 12.4 Å². The maximum atomic E-state index is 9.75. The van der Waals surface area contributed by atoms with Gasteiger partial charge in [0, 0.05) is 0 Å². The van der Waals surface area contributed by atoms with Crippen molar-refractivity contribution in [3.05, 3.63) is 18.2 Å². The summed E-state index contributed by atoms with van der Waals surface area (Å²) in [6, 6.07) is 0. The van der Waals surface area contributed by atoms with Crippen LogP contribution < -0.4 is 4.73 Å². The first-order chi connectivity index (χ1) is 6.25. The highest BCUT2D eigenvalue weighted by Gasteiger charge is 2.20. The summed E-state index contributed by atoms with van der Waals surface area (Å²) in [5.41, 5.74) is 0. The molecule has 4 nitrogen and oxygen atoms in total. The standard InChI is InChI=1S/C5H9N2O2.BF4/c1-2-5-6(8)3-4-7(5)9;2-1(3,4)5/h3-4,8-9H,2H2,1H3;/q+1;-1. The number of hydrogen-bond donors (Lipinski definition) is 2. The SMILES string of the molecule is CCc1n(O)cc[n+]1O.F[B-](F)(F)F. The molecule has 2 N–H and O–H groups in total. The van der Waals surface area contributed by atoms with Crippen molar-refractivity contribution in [2.24, 2.45) is 0 Å². The van der Waals surface area contributed by atoms with Crippen LogP contribution in [0.5, 0.6) is 0 Å². The van der Waals surface area contributed by atoms with Gasteiger partial charge >= 0.3 is 13.1 Å². The summed E-state index contributed by atoms with van der Waals surface area (Å²) >= 11 is 0. The maximum absolute atomic E-state index is 9.75. The Labute approximate surface area is 77.0 Å². The number of nitrogens with zero attached hydrogens (tertiary/aromatic N) is 2. The lowest BCUT2D eigenvalue weighted by Gasteiger charge is -1.94. The van der Waals surface area contributed by atoms with Gasteiger partial charge in [-0.1, -0.05) is 6.92 Å². The molecular weight excluding hydrogens is 207 g/mol. The first-order valence-electron chi connectivity index (χ1n) is 3.63. The van der Waals surface area contributed by atoms with Gasteiger partial charge in [-0.25, -0.2) is 0 Å². The summed E-state index contributed by atoms with van der Waals surface area (Å²) in [6.45, 7) is 1.84. The zero-order valence-electron chi connectivity index (χ0n) is 7.24. The van der Waals surface area contributed by atoms with Crippen LogP contribution in [0.25, 0.3) is 0 Å². The Bertz CT molecular complexity index is 262. The predicted molar refractivity (Wildman–Crippen MR) is 38.6 cm³/mol. The minimum Gasteiger partial charge on any atom is -0.418 e. The third kappa shape index (κ3) is 5.28. The normalized spacial score (nSPS) is 10.6. The summed E-state index contributed by atoms with van der Waals surface area (Å²) in [7, 11) is -6.00. The second-order valence-electron chi connectivity index (χ2n) is 2.25. The molecule has 0 amide bonds. The van der Waals surface area contributed by atoms with Gasteiger partial charge < -0.3 is 27.7 Å². The number of imidazole rings is 1. The second-order valence-corrected chi connectivity index (χ2v) is 2.25. The van der Waals surface area contributed by atoms with Gasteiger partial charge in [0.1, 0.15) is 0 Å². The van der Waals surface area contributed by atoms with Crippen molar-refractivity contribution < 1.29 is 32.4 Å². The van der Waals surface area contributed by atoms with Gasteiger partial charge in [-0.2, -0.15) is 0 Å². The van der Waals surface area contributed by atoms with Crippen molar-refractivity contribution >= 4 is 7.25 Å². The van der Waals surface area contributed by atoms with E-state index in [1.54, 1.807) is 0 Å². The fourth-order valence-electron chi connectivity index (χ4n) is 0.727. The first kappa shape index (κ1) is 12.6. The molecule has 0 bridgehead atoms. The molecule has 0 radical (unpaired) electrons. The Balaban J connectivity index is 0.000000292. The first-order valence-corrected chi connectivity index (χ1v) is 3.63. The van der Waals surface area contributed by atoms with E-state index in [0.717, 1.165) is 9.46 Å². The molecule has 0 atom stereocenters. The van der Waals surface area contributed by atoms with E-state index in [1.807, 2.05) is 6.92 Å². The third-order valence-electron chi connectivity index (χ3n) is 1.19. The van der Waals surface area contributed by atoms with E-state index >= 15 is 0 Å². The molecule has 0 saturated heterocycles. The fraction of sp³-hybridized carbons (Fsp3) is 0.400. The van der Waals surface area contributed by atoms with E-state index < -0.39 is 7.25 Å². The molecule has 1 rings (SSSR count). The highest BCUT2D eigenvalue weighted by molar-refractivity contribution is 6.50.